The molecule has 1 aliphatic carbocycles. The molecule has 0 saturated heterocycles. The highest BCUT2D eigenvalue weighted by Crippen LogP contribution is 2.28. The second kappa shape index (κ2) is 9.08. The number of nitrogens with zero attached hydrogens (tertiary/aromatic N) is 3. The van der Waals surface area contributed by atoms with Crippen molar-refractivity contribution in [3.8, 4) is 0 Å². The molecule has 2 aliphatic rings. The van der Waals surface area contributed by atoms with Gasteiger partial charge in [0.15, 0.2) is 5.01 Å². The summed E-state index contributed by atoms with van der Waals surface area (Å²) in [5.41, 5.74) is 2.46. The van der Waals surface area contributed by atoms with Gasteiger partial charge >= 0.3 is 0 Å². The van der Waals surface area contributed by atoms with E-state index >= 15 is 0 Å². The first-order valence-corrected chi connectivity index (χ1v) is 12.6. The van der Waals surface area contributed by atoms with Gasteiger partial charge in [-0.3, -0.25) is 9.59 Å². The Morgan fingerprint density at radius 3 is 2.94 bits per heavy atom. The third-order valence-corrected chi connectivity index (χ3v) is 8.11. The van der Waals surface area contributed by atoms with Crippen molar-refractivity contribution >= 4 is 45.7 Å². The monoisotopic (exact) mass is 485 g/mol. The zero-order valence-electron chi connectivity index (χ0n) is 18.9. The van der Waals surface area contributed by atoms with Gasteiger partial charge in [0.25, 0.3) is 11.8 Å². The van der Waals surface area contributed by atoms with Crippen molar-refractivity contribution in [2.75, 3.05) is 20.6 Å². The van der Waals surface area contributed by atoms with E-state index in [0.29, 0.717) is 15.7 Å². The van der Waals surface area contributed by atoms with Gasteiger partial charge in [0.2, 0.25) is 0 Å². The standard InChI is InChI=1S/C24H28ClN5O2S/c1-29-10-9-18-21(13-29)33-23(28-18)22(31)27-17-5-3-4-6-20(17)30(2)24(32)19-12-14-11-15(25)7-8-16(14)26-19/h7-8,11-12,17,20,26H,3-6,9-10,13H2,1-2H3,(H,27,31)/t17-,20+/m0/s1. The van der Waals surface area contributed by atoms with Crippen molar-refractivity contribution in [1.82, 2.24) is 25.1 Å². The Morgan fingerprint density at radius 2 is 2.09 bits per heavy atom. The van der Waals surface area contributed by atoms with Crippen molar-refractivity contribution in [2.24, 2.45) is 0 Å². The molecule has 7 nitrogen and oxygen atoms in total. The van der Waals surface area contributed by atoms with Gasteiger partial charge < -0.3 is 20.1 Å². The lowest BCUT2D eigenvalue weighted by Gasteiger charge is -2.38. The number of fused-ring (bicyclic) bond motifs is 2. The number of nitrogens with one attached hydrogen (secondary N) is 2. The fraction of sp³-hybridized carbons (Fsp3) is 0.458. The summed E-state index contributed by atoms with van der Waals surface area (Å²) in [4.78, 5) is 39.4. The molecule has 1 fully saturated rings. The molecule has 1 saturated carbocycles. The number of aromatic nitrogens is 2. The summed E-state index contributed by atoms with van der Waals surface area (Å²) in [7, 11) is 3.91. The predicted molar refractivity (Wildman–Crippen MR) is 131 cm³/mol. The van der Waals surface area contributed by atoms with Crippen LogP contribution in [0.3, 0.4) is 0 Å². The Hall–Kier alpha value is -2.42. The molecule has 174 valence electrons. The number of H-pyrrole nitrogens is 1. The third-order valence-electron chi connectivity index (χ3n) is 6.79. The first kappa shape index (κ1) is 22.4. The SMILES string of the molecule is CN1CCc2nc(C(=O)N[C@H]3CCCC[C@H]3N(C)C(=O)c3cc4cc(Cl)ccc4[nH]3)sc2C1. The van der Waals surface area contributed by atoms with E-state index in [0.717, 1.165) is 61.8 Å². The molecule has 9 heteroatoms. The van der Waals surface area contributed by atoms with Crippen LogP contribution < -0.4 is 5.32 Å². The smallest absolute Gasteiger partial charge is 0.280 e. The van der Waals surface area contributed by atoms with Gasteiger partial charge in [-0.05, 0) is 44.2 Å². The van der Waals surface area contributed by atoms with Crippen molar-refractivity contribution < 1.29 is 9.59 Å². The second-order valence-corrected chi connectivity index (χ2v) is 10.7. The van der Waals surface area contributed by atoms with Crippen LogP contribution in [-0.4, -0.2) is 64.3 Å². The predicted octanol–water partition coefficient (Wildman–Crippen LogP) is 4.08. The van der Waals surface area contributed by atoms with Crippen molar-refractivity contribution in [2.45, 2.75) is 50.7 Å². The number of aromatic amines is 1. The van der Waals surface area contributed by atoms with Gasteiger partial charge in [0, 0.05) is 53.4 Å². The summed E-state index contributed by atoms with van der Waals surface area (Å²) in [6.45, 7) is 1.81. The van der Waals surface area contributed by atoms with Gasteiger partial charge in [-0.15, -0.1) is 11.3 Å². The number of carbonyl (C=O) groups excluding carboxylic acids is 2. The van der Waals surface area contributed by atoms with Crippen LogP contribution >= 0.6 is 22.9 Å². The van der Waals surface area contributed by atoms with Crippen LogP contribution in [0.1, 0.15) is 56.5 Å². The number of likely N-dealkylation sites (N-methyl/N-ethyl adjacent to an activating group) is 2. The van der Waals surface area contributed by atoms with Gasteiger partial charge in [0.05, 0.1) is 11.7 Å². The fourth-order valence-corrected chi connectivity index (χ4v) is 6.22. The first-order chi connectivity index (χ1) is 15.9. The lowest BCUT2D eigenvalue weighted by Crippen LogP contribution is -2.53. The highest BCUT2D eigenvalue weighted by Gasteiger charge is 2.33. The lowest BCUT2D eigenvalue weighted by molar-refractivity contribution is 0.0622. The number of hydrogen-bond acceptors (Lipinski definition) is 5. The summed E-state index contributed by atoms with van der Waals surface area (Å²) in [6, 6.07) is 7.21. The van der Waals surface area contributed by atoms with Gasteiger partial charge in [-0.25, -0.2) is 4.98 Å². The van der Waals surface area contributed by atoms with Crippen LogP contribution in [0.4, 0.5) is 0 Å². The van der Waals surface area contributed by atoms with Crippen molar-refractivity contribution in [1.29, 1.82) is 0 Å². The zero-order chi connectivity index (χ0) is 23.1. The average molecular weight is 486 g/mol. The van der Waals surface area contributed by atoms with E-state index in [1.807, 2.05) is 25.2 Å². The van der Waals surface area contributed by atoms with E-state index < -0.39 is 0 Å². The maximum Gasteiger partial charge on any atom is 0.280 e. The summed E-state index contributed by atoms with van der Waals surface area (Å²) in [5.74, 6) is -0.212. The quantitative estimate of drug-likeness (QED) is 0.583. The van der Waals surface area contributed by atoms with Gasteiger partial charge in [0.1, 0.15) is 5.69 Å². The molecule has 2 atom stereocenters. The zero-order valence-corrected chi connectivity index (χ0v) is 20.4. The maximum absolute atomic E-state index is 13.3. The average Bonchev–Trinajstić information content (AvgIpc) is 3.42. The molecule has 2 aromatic heterocycles. The molecule has 2 N–H and O–H groups in total. The molecule has 2 amide bonds. The fourth-order valence-electron chi connectivity index (χ4n) is 4.95. The Morgan fingerprint density at radius 1 is 1.27 bits per heavy atom. The molecular weight excluding hydrogens is 458 g/mol. The molecule has 3 heterocycles. The lowest BCUT2D eigenvalue weighted by atomic mass is 9.89. The molecular formula is C24H28ClN5O2S. The van der Waals surface area contributed by atoms with Crippen molar-refractivity contribution in [3.05, 3.63) is 50.6 Å². The van der Waals surface area contributed by atoms with E-state index in [9.17, 15) is 9.59 Å². The minimum atomic E-state index is -0.130. The summed E-state index contributed by atoms with van der Waals surface area (Å²) in [6.07, 6.45) is 4.67. The third kappa shape index (κ3) is 4.52. The number of halogens is 1. The van der Waals surface area contributed by atoms with E-state index in [4.69, 9.17) is 11.6 Å². The molecule has 33 heavy (non-hydrogen) atoms. The molecule has 0 bridgehead atoms. The van der Waals surface area contributed by atoms with Gasteiger partial charge in [-0.1, -0.05) is 24.4 Å². The van der Waals surface area contributed by atoms with E-state index in [-0.39, 0.29) is 23.9 Å². The normalized spacial score (nSPS) is 21.1. The van der Waals surface area contributed by atoms with Crippen molar-refractivity contribution in [3.63, 3.8) is 0 Å². The Labute approximate surface area is 202 Å². The van der Waals surface area contributed by atoms with E-state index in [1.165, 1.54) is 16.2 Å². The number of thiazole rings is 1. The summed E-state index contributed by atoms with van der Waals surface area (Å²) >= 11 is 7.59. The largest absolute Gasteiger partial charge is 0.351 e. The number of rotatable bonds is 4. The molecule has 0 unspecified atom stereocenters. The minimum Gasteiger partial charge on any atom is -0.351 e. The number of carbonyl (C=O) groups is 2. The molecule has 0 radical (unpaired) electrons. The van der Waals surface area contributed by atoms with Gasteiger partial charge in [-0.2, -0.15) is 0 Å². The van der Waals surface area contributed by atoms with Crippen LogP contribution in [0.15, 0.2) is 24.3 Å². The Balaban J connectivity index is 1.31. The van der Waals surface area contributed by atoms with E-state index in [1.54, 1.807) is 11.0 Å². The molecule has 0 spiro atoms. The number of benzene rings is 1. The van der Waals surface area contributed by atoms with Crippen LogP contribution in [0.25, 0.3) is 10.9 Å². The van der Waals surface area contributed by atoms with Crippen LogP contribution in [0.5, 0.6) is 0 Å². The minimum absolute atomic E-state index is 0.0640. The Kier molecular flexibility index (Phi) is 6.16. The molecule has 1 aromatic carbocycles. The number of amides is 2. The highest BCUT2D eigenvalue weighted by molar-refractivity contribution is 7.13. The Bertz CT molecular complexity index is 1200. The van der Waals surface area contributed by atoms with Crippen LogP contribution in [0, 0.1) is 0 Å². The van der Waals surface area contributed by atoms with Crippen LogP contribution in [0.2, 0.25) is 5.02 Å². The van der Waals surface area contributed by atoms with E-state index in [2.05, 4.69) is 27.2 Å². The topological polar surface area (TPSA) is 81.3 Å². The molecule has 5 rings (SSSR count). The first-order valence-electron chi connectivity index (χ1n) is 11.4. The maximum atomic E-state index is 13.3. The summed E-state index contributed by atoms with van der Waals surface area (Å²) in [5, 5.41) is 5.28. The highest BCUT2D eigenvalue weighted by atomic mass is 35.5. The second-order valence-electron chi connectivity index (χ2n) is 9.14. The summed E-state index contributed by atoms with van der Waals surface area (Å²) < 4.78 is 0. The molecule has 1 aliphatic heterocycles. The van der Waals surface area contributed by atoms with Crippen LogP contribution in [-0.2, 0) is 13.0 Å². The molecule has 3 aromatic rings. The number of hydrogen-bond donors (Lipinski definition) is 2.